The van der Waals surface area contributed by atoms with E-state index in [0.717, 1.165) is 0 Å². The largest absolute Gasteiger partial charge is 0.480 e. The molecule has 0 aliphatic heterocycles. The summed E-state index contributed by atoms with van der Waals surface area (Å²) in [6, 6.07) is 4.63. The molecule has 1 aromatic carbocycles. The maximum absolute atomic E-state index is 13.0. The highest BCUT2D eigenvalue weighted by Gasteiger charge is 2.26. The quantitative estimate of drug-likeness (QED) is 0.837. The number of benzene rings is 1. The Morgan fingerprint density at radius 3 is 2.53 bits per heavy atom. The molecule has 0 heterocycles. The molecule has 17 heavy (non-hydrogen) atoms. The molecule has 1 amide bonds. The first-order valence-corrected chi connectivity index (χ1v) is 5.17. The maximum atomic E-state index is 13.0. The predicted molar refractivity (Wildman–Crippen MR) is 60.1 cm³/mol. The van der Waals surface area contributed by atoms with Gasteiger partial charge in [-0.05, 0) is 17.7 Å². The smallest absolute Gasteiger partial charge is 0.326 e. The molecule has 0 spiro atoms. The van der Waals surface area contributed by atoms with Crippen LogP contribution in [0, 0.1) is 5.82 Å². The number of carboxylic acid groups (broad SMARTS) is 1. The van der Waals surface area contributed by atoms with E-state index in [0.29, 0.717) is 5.56 Å². The molecule has 0 aliphatic carbocycles. The Hall–Kier alpha value is -1.91. The fraction of sp³-hybridized carbons (Fsp3) is 0.333. The first kappa shape index (κ1) is 13.2. The Balaban J connectivity index is 2.95. The average Bonchev–Trinajstić information content (AvgIpc) is 2.24. The van der Waals surface area contributed by atoms with Crippen molar-refractivity contribution in [1.82, 2.24) is 5.32 Å². The Morgan fingerprint density at radius 1 is 1.41 bits per heavy atom. The monoisotopic (exact) mass is 239 g/mol. The van der Waals surface area contributed by atoms with Crippen LogP contribution in [0.3, 0.4) is 0 Å². The Kier molecular flexibility index (Phi) is 4.20. The van der Waals surface area contributed by atoms with Crippen LogP contribution >= 0.6 is 0 Å². The minimum absolute atomic E-state index is 0.429. The summed E-state index contributed by atoms with van der Waals surface area (Å²) in [6.45, 7) is 2.87. The fourth-order valence-corrected chi connectivity index (χ4v) is 1.60. The SMILES string of the molecule is CC(=O)N[C@@H](C(=O)O)[C@@H](C)c1cccc(F)c1. The zero-order chi connectivity index (χ0) is 13.0. The molecule has 1 aromatic rings. The van der Waals surface area contributed by atoms with Crippen molar-refractivity contribution < 1.29 is 19.1 Å². The van der Waals surface area contributed by atoms with Gasteiger partial charge in [0.25, 0.3) is 0 Å². The van der Waals surface area contributed by atoms with Crippen LogP contribution in [0.1, 0.15) is 25.3 Å². The van der Waals surface area contributed by atoms with Gasteiger partial charge in [-0.3, -0.25) is 4.79 Å². The topological polar surface area (TPSA) is 66.4 Å². The number of amides is 1. The number of aliphatic carboxylic acids is 1. The lowest BCUT2D eigenvalue weighted by molar-refractivity contribution is -0.142. The molecule has 0 bridgehead atoms. The van der Waals surface area contributed by atoms with E-state index in [2.05, 4.69) is 5.32 Å². The van der Waals surface area contributed by atoms with Crippen LogP contribution in [0.15, 0.2) is 24.3 Å². The standard InChI is InChI=1S/C12H14FNO3/c1-7(9-4-3-5-10(13)6-9)11(12(16)17)14-8(2)15/h3-7,11H,1-2H3,(H,14,15)(H,16,17)/t7-,11+/m0/s1. The summed E-state index contributed by atoms with van der Waals surface area (Å²) in [7, 11) is 0. The highest BCUT2D eigenvalue weighted by Crippen LogP contribution is 2.20. The van der Waals surface area contributed by atoms with E-state index in [1.54, 1.807) is 13.0 Å². The third kappa shape index (κ3) is 3.55. The second kappa shape index (κ2) is 5.43. The van der Waals surface area contributed by atoms with Crippen molar-refractivity contribution in [3.05, 3.63) is 35.6 Å². The van der Waals surface area contributed by atoms with Gasteiger partial charge in [-0.2, -0.15) is 0 Å². The Labute approximate surface area is 98.5 Å². The molecule has 2 N–H and O–H groups in total. The molecule has 1 rings (SSSR count). The number of carbonyl (C=O) groups is 2. The zero-order valence-electron chi connectivity index (χ0n) is 9.61. The van der Waals surface area contributed by atoms with Gasteiger partial charge in [0.05, 0.1) is 0 Å². The molecule has 0 aliphatic rings. The normalized spacial score (nSPS) is 13.8. The third-order valence-corrected chi connectivity index (χ3v) is 2.50. The molecule has 0 saturated carbocycles. The molecule has 0 aromatic heterocycles. The zero-order valence-corrected chi connectivity index (χ0v) is 9.61. The third-order valence-electron chi connectivity index (χ3n) is 2.50. The van der Waals surface area contributed by atoms with Gasteiger partial charge in [-0.25, -0.2) is 9.18 Å². The van der Waals surface area contributed by atoms with E-state index >= 15 is 0 Å². The Morgan fingerprint density at radius 2 is 2.06 bits per heavy atom. The summed E-state index contributed by atoms with van der Waals surface area (Å²) in [5.74, 6) is -2.51. The first-order valence-electron chi connectivity index (χ1n) is 5.17. The molecular weight excluding hydrogens is 225 g/mol. The van der Waals surface area contributed by atoms with Gasteiger partial charge in [-0.15, -0.1) is 0 Å². The van der Waals surface area contributed by atoms with Crippen molar-refractivity contribution in [2.75, 3.05) is 0 Å². The molecule has 2 atom stereocenters. The van der Waals surface area contributed by atoms with Gasteiger partial charge in [0.1, 0.15) is 11.9 Å². The summed E-state index contributed by atoms with van der Waals surface area (Å²) in [4.78, 5) is 21.9. The highest BCUT2D eigenvalue weighted by molar-refractivity contribution is 5.83. The van der Waals surface area contributed by atoms with Crippen molar-refractivity contribution >= 4 is 11.9 Å². The van der Waals surface area contributed by atoms with E-state index in [4.69, 9.17) is 5.11 Å². The van der Waals surface area contributed by atoms with Gasteiger partial charge in [-0.1, -0.05) is 19.1 Å². The van der Waals surface area contributed by atoms with Crippen molar-refractivity contribution in [2.24, 2.45) is 0 Å². The minimum Gasteiger partial charge on any atom is -0.480 e. The molecule has 0 saturated heterocycles. The number of halogens is 1. The van der Waals surface area contributed by atoms with Gasteiger partial charge in [0.15, 0.2) is 0 Å². The Bertz CT molecular complexity index is 434. The number of hydrogen-bond acceptors (Lipinski definition) is 2. The van der Waals surface area contributed by atoms with E-state index < -0.39 is 29.7 Å². The lowest BCUT2D eigenvalue weighted by atomic mass is 9.93. The van der Waals surface area contributed by atoms with Crippen molar-refractivity contribution in [3.8, 4) is 0 Å². The predicted octanol–water partition coefficient (Wildman–Crippen LogP) is 1.52. The molecule has 0 radical (unpaired) electrons. The number of carboxylic acids is 1. The van der Waals surface area contributed by atoms with Crippen LogP contribution in [-0.2, 0) is 9.59 Å². The summed E-state index contributed by atoms with van der Waals surface area (Å²) >= 11 is 0. The number of carbonyl (C=O) groups excluding carboxylic acids is 1. The molecule has 4 nitrogen and oxygen atoms in total. The fourth-order valence-electron chi connectivity index (χ4n) is 1.60. The summed E-state index contributed by atoms with van der Waals surface area (Å²) in [5, 5.41) is 11.4. The van der Waals surface area contributed by atoms with Gasteiger partial charge in [0, 0.05) is 12.8 Å². The number of hydrogen-bond donors (Lipinski definition) is 2. The molecule has 0 unspecified atom stereocenters. The van der Waals surface area contributed by atoms with Crippen molar-refractivity contribution in [1.29, 1.82) is 0 Å². The molecular formula is C12H14FNO3. The minimum atomic E-state index is -1.14. The maximum Gasteiger partial charge on any atom is 0.326 e. The summed E-state index contributed by atoms with van der Waals surface area (Å²) < 4.78 is 13.0. The molecule has 92 valence electrons. The first-order chi connectivity index (χ1) is 7.91. The summed E-state index contributed by atoms with van der Waals surface area (Å²) in [5.41, 5.74) is 0.533. The van der Waals surface area contributed by atoms with Crippen LogP contribution in [-0.4, -0.2) is 23.0 Å². The number of nitrogens with one attached hydrogen (secondary N) is 1. The van der Waals surface area contributed by atoms with Crippen LogP contribution in [0.5, 0.6) is 0 Å². The number of rotatable bonds is 4. The van der Waals surface area contributed by atoms with E-state index in [1.807, 2.05) is 0 Å². The molecule has 0 fully saturated rings. The highest BCUT2D eigenvalue weighted by atomic mass is 19.1. The molecule has 5 heteroatoms. The lowest BCUT2D eigenvalue weighted by Crippen LogP contribution is -2.43. The van der Waals surface area contributed by atoms with E-state index in [9.17, 15) is 14.0 Å². The average molecular weight is 239 g/mol. The van der Waals surface area contributed by atoms with Gasteiger partial charge < -0.3 is 10.4 Å². The lowest BCUT2D eigenvalue weighted by Gasteiger charge is -2.21. The summed E-state index contributed by atoms with van der Waals surface area (Å²) in [6.07, 6.45) is 0. The van der Waals surface area contributed by atoms with Crippen LogP contribution in [0.25, 0.3) is 0 Å². The second-order valence-corrected chi connectivity index (χ2v) is 3.86. The van der Waals surface area contributed by atoms with Gasteiger partial charge >= 0.3 is 5.97 Å². The second-order valence-electron chi connectivity index (χ2n) is 3.86. The van der Waals surface area contributed by atoms with Crippen molar-refractivity contribution in [3.63, 3.8) is 0 Å². The van der Waals surface area contributed by atoms with E-state index in [-0.39, 0.29) is 0 Å². The van der Waals surface area contributed by atoms with Crippen LogP contribution < -0.4 is 5.32 Å². The van der Waals surface area contributed by atoms with Crippen LogP contribution in [0.4, 0.5) is 4.39 Å². The van der Waals surface area contributed by atoms with Gasteiger partial charge in [0.2, 0.25) is 5.91 Å². The van der Waals surface area contributed by atoms with E-state index in [1.165, 1.54) is 25.1 Å². The van der Waals surface area contributed by atoms with Crippen LogP contribution in [0.2, 0.25) is 0 Å². The van der Waals surface area contributed by atoms with Crippen molar-refractivity contribution in [2.45, 2.75) is 25.8 Å².